The molecule has 0 aliphatic rings. The first-order valence-corrected chi connectivity index (χ1v) is 9.84. The number of carbonyl (C=O) groups excluding carboxylic acids is 1. The van der Waals surface area contributed by atoms with Gasteiger partial charge in [0.2, 0.25) is 0 Å². The molecule has 1 heterocycles. The third kappa shape index (κ3) is 4.79. The molecule has 9 heteroatoms. The van der Waals surface area contributed by atoms with Crippen molar-refractivity contribution in [2.75, 3.05) is 25.2 Å². The maximum Gasteiger partial charge on any atom is 0.264 e. The molecule has 7 nitrogen and oxygen atoms in total. The number of pyridine rings is 1. The van der Waals surface area contributed by atoms with Crippen LogP contribution in [-0.4, -0.2) is 43.7 Å². The first-order chi connectivity index (χ1) is 11.9. The van der Waals surface area contributed by atoms with E-state index in [-0.39, 0.29) is 10.8 Å². The predicted molar refractivity (Wildman–Crippen MR) is 97.0 cm³/mol. The topological polar surface area (TPSA) is 88.6 Å². The molecule has 0 aliphatic heterocycles. The Morgan fingerprint density at radius 2 is 1.92 bits per heavy atom. The van der Waals surface area contributed by atoms with Crippen LogP contribution in [-0.2, 0) is 14.9 Å². The normalized spacial score (nSPS) is 11.5. The quantitative estimate of drug-likeness (QED) is 0.586. The highest BCUT2D eigenvalue weighted by atomic mass is 32.2. The van der Waals surface area contributed by atoms with Gasteiger partial charge in [-0.1, -0.05) is 11.4 Å². The Bertz CT molecular complexity index is 821. The summed E-state index contributed by atoms with van der Waals surface area (Å²) in [6.07, 6.45) is 1.59. The molecule has 1 amide bonds. The van der Waals surface area contributed by atoms with Gasteiger partial charge in [-0.25, -0.2) is 13.4 Å². The molecule has 1 aromatic carbocycles. The minimum Gasteiger partial charge on any atom is -0.321 e. The number of hydrogen-bond donors (Lipinski definition) is 1. The number of rotatable bonds is 7. The maximum absolute atomic E-state index is 12.2. The largest absolute Gasteiger partial charge is 0.321 e. The van der Waals surface area contributed by atoms with Gasteiger partial charge >= 0.3 is 0 Å². The van der Waals surface area contributed by atoms with Gasteiger partial charge in [0.15, 0.2) is 0 Å². The highest BCUT2D eigenvalue weighted by Gasteiger charge is 2.21. The number of nitrogens with zero attached hydrogens (tertiary/aromatic N) is 2. The maximum atomic E-state index is 12.2. The summed E-state index contributed by atoms with van der Waals surface area (Å²) in [5.74, 6) is 0.577. The number of hydroxylamine groups is 1. The van der Waals surface area contributed by atoms with Crippen molar-refractivity contribution in [3.8, 4) is 0 Å². The van der Waals surface area contributed by atoms with E-state index in [9.17, 15) is 13.2 Å². The van der Waals surface area contributed by atoms with Crippen LogP contribution < -0.4 is 5.32 Å². The molecule has 134 valence electrons. The number of amides is 1. The Morgan fingerprint density at radius 3 is 2.44 bits per heavy atom. The second kappa shape index (κ2) is 8.43. The number of aromatic nitrogens is 1. The minimum absolute atomic E-state index is 0.0380. The summed E-state index contributed by atoms with van der Waals surface area (Å²) in [5.41, 5.74) is 0.910. The van der Waals surface area contributed by atoms with Gasteiger partial charge in [0.05, 0.1) is 28.9 Å². The van der Waals surface area contributed by atoms with E-state index in [1.807, 2.05) is 13.0 Å². The van der Waals surface area contributed by atoms with Crippen molar-refractivity contribution in [1.82, 2.24) is 9.45 Å². The van der Waals surface area contributed by atoms with E-state index in [1.165, 1.54) is 38.4 Å². The Kier molecular flexibility index (Phi) is 6.54. The Hall–Kier alpha value is -1.94. The number of nitrogens with one attached hydrogen (secondary N) is 1. The number of benzene rings is 1. The molecule has 25 heavy (non-hydrogen) atoms. The lowest BCUT2D eigenvalue weighted by molar-refractivity contribution is -0.0258. The fraction of sp³-hybridized carbons (Fsp3) is 0.250. The Morgan fingerprint density at radius 1 is 1.24 bits per heavy atom. The fourth-order valence-corrected chi connectivity index (χ4v) is 3.48. The monoisotopic (exact) mass is 381 g/mol. The van der Waals surface area contributed by atoms with Crippen molar-refractivity contribution < 1.29 is 18.0 Å². The van der Waals surface area contributed by atoms with E-state index in [2.05, 4.69) is 10.3 Å². The van der Waals surface area contributed by atoms with Gasteiger partial charge in [0.25, 0.3) is 15.9 Å². The number of anilines is 1. The van der Waals surface area contributed by atoms with Crippen LogP contribution >= 0.6 is 11.8 Å². The van der Waals surface area contributed by atoms with Gasteiger partial charge in [-0.3, -0.25) is 9.63 Å². The van der Waals surface area contributed by atoms with Gasteiger partial charge < -0.3 is 5.32 Å². The molecule has 0 radical (unpaired) electrons. The van der Waals surface area contributed by atoms with Crippen molar-refractivity contribution in [2.45, 2.75) is 16.8 Å². The summed E-state index contributed by atoms with van der Waals surface area (Å²) in [4.78, 5) is 21.2. The lowest BCUT2D eigenvalue weighted by atomic mass is 10.2. The molecule has 0 spiro atoms. The van der Waals surface area contributed by atoms with Crippen LogP contribution in [0.15, 0.2) is 52.5 Å². The molecule has 0 fully saturated rings. The zero-order chi connectivity index (χ0) is 18.4. The average Bonchev–Trinajstić information content (AvgIpc) is 2.63. The fourth-order valence-electron chi connectivity index (χ4n) is 1.92. The van der Waals surface area contributed by atoms with Crippen molar-refractivity contribution >= 4 is 33.4 Å². The standard InChI is InChI=1S/C16H19N3O4S2/c1-4-24-15-10-7-13(11-17-15)18-16(20)12-5-8-14(9-6-12)25(21,22)19(2)23-3/h5-11H,4H2,1-3H3,(H,18,20). The van der Waals surface area contributed by atoms with Crippen LogP contribution in [0.5, 0.6) is 0 Å². The highest BCUT2D eigenvalue weighted by Crippen LogP contribution is 2.18. The molecule has 0 unspecified atom stereocenters. The van der Waals surface area contributed by atoms with Crippen LogP contribution in [0, 0.1) is 0 Å². The van der Waals surface area contributed by atoms with Crippen LogP contribution in [0.4, 0.5) is 5.69 Å². The summed E-state index contributed by atoms with van der Waals surface area (Å²) >= 11 is 1.61. The Labute approximate surface area is 151 Å². The van der Waals surface area contributed by atoms with Gasteiger partial charge in [-0.2, -0.15) is 0 Å². The van der Waals surface area contributed by atoms with Gasteiger partial charge in [0.1, 0.15) is 0 Å². The molecule has 0 saturated carbocycles. The first-order valence-electron chi connectivity index (χ1n) is 7.41. The zero-order valence-electron chi connectivity index (χ0n) is 14.1. The SMILES string of the molecule is CCSc1ccc(NC(=O)c2ccc(S(=O)(=O)N(C)OC)cc2)cn1. The van der Waals surface area contributed by atoms with E-state index in [4.69, 9.17) is 4.84 Å². The molecule has 0 saturated heterocycles. The number of hydrogen-bond acceptors (Lipinski definition) is 6. The van der Waals surface area contributed by atoms with Gasteiger partial charge in [0, 0.05) is 12.6 Å². The van der Waals surface area contributed by atoms with Crippen LogP contribution in [0.1, 0.15) is 17.3 Å². The van der Waals surface area contributed by atoms with Crippen molar-refractivity contribution in [1.29, 1.82) is 0 Å². The lowest BCUT2D eigenvalue weighted by Gasteiger charge is -2.14. The van der Waals surface area contributed by atoms with Gasteiger partial charge in [-0.15, -0.1) is 11.8 Å². The number of sulfonamides is 1. The smallest absolute Gasteiger partial charge is 0.264 e. The van der Waals surface area contributed by atoms with E-state index < -0.39 is 10.0 Å². The van der Waals surface area contributed by atoms with Crippen LogP contribution in [0.3, 0.4) is 0 Å². The van der Waals surface area contributed by atoms with Crippen molar-refractivity contribution in [3.05, 3.63) is 48.2 Å². The third-order valence-corrected chi connectivity index (χ3v) is 5.82. The van der Waals surface area contributed by atoms with Crippen LogP contribution in [0.25, 0.3) is 0 Å². The molecule has 1 N–H and O–H groups in total. The van der Waals surface area contributed by atoms with E-state index in [1.54, 1.807) is 24.0 Å². The lowest BCUT2D eigenvalue weighted by Crippen LogP contribution is -2.25. The molecule has 1 aromatic heterocycles. The second-order valence-corrected chi connectivity index (χ2v) is 8.11. The van der Waals surface area contributed by atoms with E-state index in [0.717, 1.165) is 15.2 Å². The summed E-state index contributed by atoms with van der Waals surface area (Å²) in [6.45, 7) is 2.04. The molecular weight excluding hydrogens is 362 g/mol. The second-order valence-electron chi connectivity index (χ2n) is 4.89. The molecule has 2 rings (SSSR count). The van der Waals surface area contributed by atoms with Crippen molar-refractivity contribution in [3.63, 3.8) is 0 Å². The number of carbonyl (C=O) groups is 1. The number of thioether (sulfide) groups is 1. The third-order valence-electron chi connectivity index (χ3n) is 3.30. The first kappa shape index (κ1) is 19.4. The van der Waals surface area contributed by atoms with Crippen molar-refractivity contribution in [2.24, 2.45) is 0 Å². The summed E-state index contributed by atoms with van der Waals surface area (Å²) in [5, 5.41) is 3.61. The van der Waals surface area contributed by atoms with Gasteiger partial charge in [-0.05, 0) is 42.2 Å². The van der Waals surface area contributed by atoms with E-state index >= 15 is 0 Å². The van der Waals surface area contributed by atoms with Crippen LogP contribution in [0.2, 0.25) is 0 Å². The highest BCUT2D eigenvalue weighted by molar-refractivity contribution is 7.99. The molecule has 0 bridgehead atoms. The summed E-state index contributed by atoms with van der Waals surface area (Å²) < 4.78 is 25.0. The molecule has 0 atom stereocenters. The van der Waals surface area contributed by atoms with E-state index in [0.29, 0.717) is 11.3 Å². The molecular formula is C16H19N3O4S2. The average molecular weight is 381 g/mol. The molecule has 0 aliphatic carbocycles. The minimum atomic E-state index is -3.73. The Balaban J connectivity index is 2.10. The predicted octanol–water partition coefficient (Wildman–Crippen LogP) is 2.63. The summed E-state index contributed by atoms with van der Waals surface area (Å²) in [7, 11) is -1.18. The molecule has 2 aromatic rings. The summed E-state index contributed by atoms with van der Waals surface area (Å²) in [6, 6.07) is 9.22. The zero-order valence-corrected chi connectivity index (χ0v) is 15.7.